The molecule has 0 saturated carbocycles. The van der Waals surface area contributed by atoms with Crippen molar-refractivity contribution in [1.29, 1.82) is 0 Å². The highest BCUT2D eigenvalue weighted by atomic mass is 35.5. The van der Waals surface area contributed by atoms with Gasteiger partial charge in [0.1, 0.15) is 22.7 Å². The van der Waals surface area contributed by atoms with Crippen LogP contribution >= 0.6 is 23.2 Å². The van der Waals surface area contributed by atoms with Crippen LogP contribution in [0.2, 0.25) is 10.0 Å². The zero-order valence-electron chi connectivity index (χ0n) is 15.7. The molecule has 29 heavy (non-hydrogen) atoms. The number of nitrogens with one attached hydrogen (secondary N) is 1. The van der Waals surface area contributed by atoms with Crippen LogP contribution in [0.4, 0.5) is 5.69 Å². The standard InChI is InChI=1S/C22H17Cl2NO4/c1-12(28-19-8-7-13(23)9-16(19)24)22(26)25-17-11-20-15(10-21(17)27-2)14-5-3-4-6-18(14)29-20/h3-12H,1-2H3,(H,25,26)/t12-/m1/s1. The molecule has 5 nitrogen and oxygen atoms in total. The summed E-state index contributed by atoms with van der Waals surface area (Å²) in [5.74, 6) is 0.539. The predicted octanol–water partition coefficient (Wildman–Crippen LogP) is 6.31. The molecule has 0 spiro atoms. The number of ether oxygens (including phenoxy) is 2. The lowest BCUT2D eigenvalue weighted by Crippen LogP contribution is -2.30. The molecule has 1 N–H and O–H groups in total. The molecule has 0 aliphatic carbocycles. The summed E-state index contributed by atoms with van der Waals surface area (Å²) in [5.41, 5.74) is 1.90. The van der Waals surface area contributed by atoms with E-state index in [1.54, 1.807) is 38.3 Å². The smallest absolute Gasteiger partial charge is 0.265 e. The number of amides is 1. The minimum atomic E-state index is -0.801. The van der Waals surface area contributed by atoms with Gasteiger partial charge in [0.05, 0.1) is 17.8 Å². The number of halogens is 2. The minimum Gasteiger partial charge on any atom is -0.495 e. The Bertz CT molecular complexity index is 1220. The maximum Gasteiger partial charge on any atom is 0.265 e. The van der Waals surface area contributed by atoms with Gasteiger partial charge in [0, 0.05) is 21.9 Å². The van der Waals surface area contributed by atoms with Gasteiger partial charge < -0.3 is 19.2 Å². The normalized spacial score (nSPS) is 12.1. The maximum atomic E-state index is 12.7. The van der Waals surface area contributed by atoms with Crippen molar-refractivity contribution in [3.63, 3.8) is 0 Å². The summed E-state index contributed by atoms with van der Waals surface area (Å²) >= 11 is 12.0. The molecule has 1 atom stereocenters. The Kier molecular flexibility index (Phi) is 5.26. The third-order valence-electron chi connectivity index (χ3n) is 4.52. The third kappa shape index (κ3) is 3.84. The summed E-state index contributed by atoms with van der Waals surface area (Å²) in [6, 6.07) is 16.1. The first-order chi connectivity index (χ1) is 14.0. The zero-order chi connectivity index (χ0) is 20.5. The molecule has 1 heterocycles. The molecule has 3 aromatic carbocycles. The van der Waals surface area contributed by atoms with E-state index in [1.807, 2.05) is 30.3 Å². The van der Waals surface area contributed by atoms with E-state index < -0.39 is 6.10 Å². The number of hydrogen-bond acceptors (Lipinski definition) is 4. The number of fused-ring (bicyclic) bond motifs is 3. The van der Waals surface area contributed by atoms with E-state index in [0.29, 0.717) is 32.8 Å². The van der Waals surface area contributed by atoms with Crippen molar-refractivity contribution in [3.8, 4) is 11.5 Å². The van der Waals surface area contributed by atoms with Crippen LogP contribution in [0.3, 0.4) is 0 Å². The van der Waals surface area contributed by atoms with Crippen molar-refractivity contribution in [3.05, 3.63) is 64.6 Å². The van der Waals surface area contributed by atoms with Gasteiger partial charge in [-0.05, 0) is 37.3 Å². The summed E-state index contributed by atoms with van der Waals surface area (Å²) in [4.78, 5) is 12.7. The van der Waals surface area contributed by atoms with Crippen molar-refractivity contribution in [2.75, 3.05) is 12.4 Å². The van der Waals surface area contributed by atoms with E-state index in [0.717, 1.165) is 16.4 Å². The highest BCUT2D eigenvalue weighted by Crippen LogP contribution is 2.36. The average Bonchev–Trinajstić information content (AvgIpc) is 3.06. The Balaban J connectivity index is 1.60. The van der Waals surface area contributed by atoms with Crippen molar-refractivity contribution in [2.45, 2.75) is 13.0 Å². The van der Waals surface area contributed by atoms with Gasteiger partial charge in [-0.3, -0.25) is 4.79 Å². The lowest BCUT2D eigenvalue weighted by molar-refractivity contribution is -0.122. The predicted molar refractivity (Wildman–Crippen MR) is 115 cm³/mol. The van der Waals surface area contributed by atoms with Crippen molar-refractivity contribution in [1.82, 2.24) is 0 Å². The first-order valence-electron chi connectivity index (χ1n) is 8.88. The van der Waals surface area contributed by atoms with Crippen LogP contribution < -0.4 is 14.8 Å². The van der Waals surface area contributed by atoms with Crippen molar-refractivity contribution < 1.29 is 18.7 Å². The summed E-state index contributed by atoms with van der Waals surface area (Å²) in [7, 11) is 1.55. The molecule has 0 fully saturated rings. The molecule has 7 heteroatoms. The highest BCUT2D eigenvalue weighted by Gasteiger charge is 2.20. The van der Waals surface area contributed by atoms with Gasteiger partial charge in [-0.25, -0.2) is 0 Å². The second-order valence-electron chi connectivity index (χ2n) is 6.47. The number of methoxy groups -OCH3 is 1. The number of anilines is 1. The average molecular weight is 430 g/mol. The molecule has 0 radical (unpaired) electrons. The second kappa shape index (κ2) is 7.85. The highest BCUT2D eigenvalue weighted by molar-refractivity contribution is 6.35. The first kappa shape index (κ1) is 19.4. The van der Waals surface area contributed by atoms with Crippen LogP contribution in [0.15, 0.2) is 59.0 Å². The fourth-order valence-electron chi connectivity index (χ4n) is 3.07. The Morgan fingerprint density at radius 3 is 2.55 bits per heavy atom. The van der Waals surface area contributed by atoms with Crippen LogP contribution in [0.1, 0.15) is 6.92 Å². The molecule has 0 aliphatic heterocycles. The molecule has 4 aromatic rings. The third-order valence-corrected chi connectivity index (χ3v) is 5.05. The van der Waals surface area contributed by atoms with E-state index in [1.165, 1.54) is 0 Å². The van der Waals surface area contributed by atoms with Gasteiger partial charge in [-0.15, -0.1) is 0 Å². The summed E-state index contributed by atoms with van der Waals surface area (Å²) in [6.45, 7) is 1.63. The first-order valence-corrected chi connectivity index (χ1v) is 9.63. The van der Waals surface area contributed by atoms with Crippen LogP contribution in [0.5, 0.6) is 11.5 Å². The molecule has 4 rings (SSSR count). The van der Waals surface area contributed by atoms with Gasteiger partial charge in [-0.1, -0.05) is 41.4 Å². The summed E-state index contributed by atoms with van der Waals surface area (Å²) < 4.78 is 17.0. The van der Waals surface area contributed by atoms with Gasteiger partial charge in [-0.2, -0.15) is 0 Å². The molecular weight excluding hydrogens is 413 g/mol. The maximum absolute atomic E-state index is 12.7. The fraction of sp³-hybridized carbons (Fsp3) is 0.136. The minimum absolute atomic E-state index is 0.332. The quantitative estimate of drug-likeness (QED) is 0.403. The van der Waals surface area contributed by atoms with Crippen LogP contribution in [0.25, 0.3) is 21.9 Å². The summed E-state index contributed by atoms with van der Waals surface area (Å²) in [6.07, 6.45) is -0.801. The number of furan rings is 1. The number of carbonyl (C=O) groups excluding carboxylic acids is 1. The van der Waals surface area contributed by atoms with E-state index in [4.69, 9.17) is 37.1 Å². The Morgan fingerprint density at radius 1 is 1.00 bits per heavy atom. The molecule has 0 bridgehead atoms. The summed E-state index contributed by atoms with van der Waals surface area (Å²) in [5, 5.41) is 5.54. The topological polar surface area (TPSA) is 60.7 Å². The fourth-order valence-corrected chi connectivity index (χ4v) is 3.52. The van der Waals surface area contributed by atoms with Gasteiger partial charge in [0.25, 0.3) is 5.91 Å². The molecule has 148 valence electrons. The monoisotopic (exact) mass is 429 g/mol. The van der Waals surface area contributed by atoms with E-state index in [-0.39, 0.29) is 5.91 Å². The van der Waals surface area contributed by atoms with Gasteiger partial charge in [0.15, 0.2) is 6.10 Å². The van der Waals surface area contributed by atoms with Crippen LogP contribution in [0, 0.1) is 0 Å². The lowest BCUT2D eigenvalue weighted by Gasteiger charge is -2.17. The largest absolute Gasteiger partial charge is 0.495 e. The van der Waals surface area contributed by atoms with Gasteiger partial charge in [0.2, 0.25) is 0 Å². The molecule has 1 aromatic heterocycles. The van der Waals surface area contributed by atoms with Crippen LogP contribution in [-0.4, -0.2) is 19.1 Å². The second-order valence-corrected chi connectivity index (χ2v) is 7.31. The number of hydrogen-bond donors (Lipinski definition) is 1. The Hall–Kier alpha value is -2.89. The molecule has 0 unspecified atom stereocenters. The molecule has 0 aliphatic rings. The van der Waals surface area contributed by atoms with Crippen LogP contribution in [-0.2, 0) is 4.79 Å². The Morgan fingerprint density at radius 2 is 1.79 bits per heavy atom. The SMILES string of the molecule is COc1cc2c(cc1NC(=O)[C@@H](C)Oc1ccc(Cl)cc1Cl)oc1ccccc12. The van der Waals surface area contributed by atoms with E-state index >= 15 is 0 Å². The molecule has 0 saturated heterocycles. The number of carbonyl (C=O) groups is 1. The number of rotatable bonds is 5. The van der Waals surface area contributed by atoms with Gasteiger partial charge >= 0.3 is 0 Å². The molecular formula is C22H17Cl2NO4. The zero-order valence-corrected chi connectivity index (χ0v) is 17.2. The number of benzene rings is 3. The number of para-hydroxylation sites is 1. The van der Waals surface area contributed by atoms with E-state index in [2.05, 4.69) is 5.32 Å². The van der Waals surface area contributed by atoms with Crippen molar-refractivity contribution in [2.24, 2.45) is 0 Å². The van der Waals surface area contributed by atoms with E-state index in [9.17, 15) is 4.79 Å². The Labute approximate surface area is 177 Å². The lowest BCUT2D eigenvalue weighted by atomic mass is 10.1. The van der Waals surface area contributed by atoms with Crippen molar-refractivity contribution >= 4 is 56.7 Å². The molecule has 1 amide bonds.